The smallest absolute Gasteiger partial charge is 0.326 e. The van der Waals surface area contributed by atoms with E-state index in [9.17, 15) is 19.2 Å². The molecule has 1 saturated heterocycles. The standard InChI is InChI=1S/C23H31N3O5/c1-16-8-6-7-11-18(16)24-19(27)15-31-20(28)14-26-21(29)23(2,25-22(26)30)13-12-17-9-4-3-5-10-17/h3-5,9-10,16,18H,6-8,11-15H2,1-2H3,(H,24,27)(H,25,30)/t16-,18-,23-/m1/s1. The van der Waals surface area contributed by atoms with E-state index in [1.165, 1.54) is 6.42 Å². The molecule has 0 bridgehead atoms. The van der Waals surface area contributed by atoms with Gasteiger partial charge >= 0.3 is 12.0 Å². The summed E-state index contributed by atoms with van der Waals surface area (Å²) in [6.07, 6.45) is 5.25. The summed E-state index contributed by atoms with van der Waals surface area (Å²) in [5.41, 5.74) is -0.0243. The highest BCUT2D eigenvalue weighted by Gasteiger charge is 2.48. The van der Waals surface area contributed by atoms with Crippen LogP contribution in [0.3, 0.4) is 0 Å². The Morgan fingerprint density at radius 1 is 1.19 bits per heavy atom. The van der Waals surface area contributed by atoms with Crippen LogP contribution in [0, 0.1) is 5.92 Å². The molecule has 168 valence electrons. The van der Waals surface area contributed by atoms with Crippen molar-refractivity contribution in [3.63, 3.8) is 0 Å². The number of carbonyl (C=O) groups is 4. The maximum Gasteiger partial charge on any atom is 0.326 e. The predicted octanol–water partition coefficient (Wildman–Crippen LogP) is 2.17. The molecule has 31 heavy (non-hydrogen) atoms. The van der Waals surface area contributed by atoms with Gasteiger partial charge in [0.2, 0.25) is 0 Å². The van der Waals surface area contributed by atoms with E-state index in [1.54, 1.807) is 6.92 Å². The van der Waals surface area contributed by atoms with Crippen molar-refractivity contribution in [2.24, 2.45) is 5.92 Å². The summed E-state index contributed by atoms with van der Waals surface area (Å²) >= 11 is 0. The maximum atomic E-state index is 12.8. The van der Waals surface area contributed by atoms with Crippen LogP contribution in [0.2, 0.25) is 0 Å². The molecule has 0 aromatic heterocycles. The maximum absolute atomic E-state index is 12.8. The molecular formula is C23H31N3O5. The van der Waals surface area contributed by atoms with Gasteiger partial charge in [0.05, 0.1) is 0 Å². The first-order valence-electron chi connectivity index (χ1n) is 10.9. The SMILES string of the molecule is C[C@@H]1CCCC[C@H]1NC(=O)COC(=O)CN1C(=O)N[C@](C)(CCc2ccccc2)C1=O. The molecule has 1 aliphatic carbocycles. The van der Waals surface area contributed by atoms with Gasteiger partial charge in [-0.2, -0.15) is 0 Å². The number of aryl methyl sites for hydroxylation is 1. The molecular weight excluding hydrogens is 398 g/mol. The van der Waals surface area contributed by atoms with E-state index < -0.39 is 36.6 Å². The van der Waals surface area contributed by atoms with Crippen LogP contribution in [0.15, 0.2) is 30.3 Å². The molecule has 0 radical (unpaired) electrons. The monoisotopic (exact) mass is 429 g/mol. The lowest BCUT2D eigenvalue weighted by Gasteiger charge is -2.29. The number of ether oxygens (including phenoxy) is 1. The Balaban J connectivity index is 1.46. The molecule has 4 amide bonds. The zero-order valence-corrected chi connectivity index (χ0v) is 18.2. The number of hydrogen-bond donors (Lipinski definition) is 2. The fourth-order valence-electron chi connectivity index (χ4n) is 4.20. The van der Waals surface area contributed by atoms with E-state index in [2.05, 4.69) is 17.6 Å². The second-order valence-corrected chi connectivity index (χ2v) is 8.74. The van der Waals surface area contributed by atoms with Gasteiger partial charge in [0.25, 0.3) is 11.8 Å². The van der Waals surface area contributed by atoms with Crippen molar-refractivity contribution in [3.05, 3.63) is 35.9 Å². The molecule has 1 saturated carbocycles. The Bertz CT molecular complexity index is 828. The first kappa shape index (κ1) is 22.8. The summed E-state index contributed by atoms with van der Waals surface area (Å²) in [6, 6.07) is 9.13. The Hall–Kier alpha value is -2.90. The third-order valence-electron chi connectivity index (χ3n) is 6.21. The number of hydrogen-bond acceptors (Lipinski definition) is 5. The van der Waals surface area contributed by atoms with E-state index in [1.807, 2.05) is 30.3 Å². The largest absolute Gasteiger partial charge is 0.454 e. The van der Waals surface area contributed by atoms with Crippen LogP contribution in [-0.2, 0) is 25.5 Å². The highest BCUT2D eigenvalue weighted by atomic mass is 16.5. The van der Waals surface area contributed by atoms with Gasteiger partial charge < -0.3 is 15.4 Å². The Labute approximate surface area is 182 Å². The van der Waals surface area contributed by atoms with E-state index >= 15 is 0 Å². The quantitative estimate of drug-likeness (QED) is 0.487. The second-order valence-electron chi connectivity index (χ2n) is 8.74. The Morgan fingerprint density at radius 2 is 1.90 bits per heavy atom. The summed E-state index contributed by atoms with van der Waals surface area (Å²) in [6.45, 7) is 2.82. The molecule has 3 atom stereocenters. The first-order chi connectivity index (χ1) is 14.8. The number of esters is 1. The van der Waals surface area contributed by atoms with Crippen molar-refractivity contribution < 1.29 is 23.9 Å². The molecule has 1 aliphatic heterocycles. The van der Waals surface area contributed by atoms with Gasteiger partial charge in [-0.3, -0.25) is 19.3 Å². The number of imide groups is 1. The van der Waals surface area contributed by atoms with Gasteiger partial charge in [-0.25, -0.2) is 4.79 Å². The molecule has 1 aromatic carbocycles. The van der Waals surface area contributed by atoms with Gasteiger partial charge in [-0.1, -0.05) is 50.1 Å². The van der Waals surface area contributed by atoms with Crippen molar-refractivity contribution in [1.82, 2.24) is 15.5 Å². The minimum absolute atomic E-state index is 0.0937. The van der Waals surface area contributed by atoms with Crippen LogP contribution in [-0.4, -0.2) is 53.4 Å². The minimum Gasteiger partial charge on any atom is -0.454 e. The molecule has 2 N–H and O–H groups in total. The van der Waals surface area contributed by atoms with Crippen LogP contribution in [0.1, 0.15) is 51.5 Å². The Morgan fingerprint density at radius 3 is 2.61 bits per heavy atom. The van der Waals surface area contributed by atoms with Gasteiger partial charge in [0.15, 0.2) is 6.61 Å². The first-order valence-corrected chi connectivity index (χ1v) is 10.9. The normalized spacial score (nSPS) is 25.8. The van der Waals surface area contributed by atoms with E-state index in [-0.39, 0.29) is 11.9 Å². The second kappa shape index (κ2) is 9.94. The summed E-state index contributed by atoms with van der Waals surface area (Å²) in [4.78, 5) is 50.2. The van der Waals surface area contributed by atoms with Gasteiger partial charge in [-0.15, -0.1) is 0 Å². The number of urea groups is 1. The van der Waals surface area contributed by atoms with Crippen molar-refractivity contribution in [2.45, 2.75) is 64.0 Å². The van der Waals surface area contributed by atoms with Gasteiger partial charge in [0.1, 0.15) is 12.1 Å². The lowest BCUT2D eigenvalue weighted by atomic mass is 9.86. The van der Waals surface area contributed by atoms with E-state index in [0.29, 0.717) is 18.8 Å². The fourth-order valence-corrected chi connectivity index (χ4v) is 4.20. The average Bonchev–Trinajstić information content (AvgIpc) is 2.96. The molecule has 2 aliphatic rings. The predicted molar refractivity (Wildman–Crippen MR) is 114 cm³/mol. The lowest BCUT2D eigenvalue weighted by Crippen LogP contribution is -2.45. The number of carbonyl (C=O) groups excluding carboxylic acids is 4. The number of rotatable bonds is 8. The molecule has 8 heteroatoms. The van der Waals surface area contributed by atoms with Crippen LogP contribution < -0.4 is 10.6 Å². The highest BCUT2D eigenvalue weighted by Crippen LogP contribution is 2.24. The molecule has 1 aromatic rings. The number of nitrogens with one attached hydrogen (secondary N) is 2. The fraction of sp³-hybridized carbons (Fsp3) is 0.565. The lowest BCUT2D eigenvalue weighted by molar-refractivity contribution is -0.151. The molecule has 1 heterocycles. The number of amides is 4. The molecule has 0 unspecified atom stereocenters. The highest BCUT2D eigenvalue weighted by molar-refractivity contribution is 6.08. The molecule has 3 rings (SSSR count). The average molecular weight is 430 g/mol. The van der Waals surface area contributed by atoms with Crippen LogP contribution in [0.5, 0.6) is 0 Å². The number of benzene rings is 1. The molecule has 0 spiro atoms. The van der Waals surface area contributed by atoms with E-state index in [0.717, 1.165) is 29.7 Å². The summed E-state index contributed by atoms with van der Waals surface area (Å²) in [5, 5.41) is 5.58. The van der Waals surface area contributed by atoms with Crippen LogP contribution in [0.4, 0.5) is 4.79 Å². The number of nitrogens with zero attached hydrogens (tertiary/aromatic N) is 1. The summed E-state index contributed by atoms with van der Waals surface area (Å²) < 4.78 is 5.01. The summed E-state index contributed by atoms with van der Waals surface area (Å²) in [7, 11) is 0. The van der Waals surface area contributed by atoms with Gasteiger partial charge in [0, 0.05) is 6.04 Å². The van der Waals surface area contributed by atoms with Crippen molar-refractivity contribution in [3.8, 4) is 0 Å². The van der Waals surface area contributed by atoms with Gasteiger partial charge in [-0.05, 0) is 44.1 Å². The third kappa shape index (κ3) is 5.83. The van der Waals surface area contributed by atoms with E-state index in [4.69, 9.17) is 4.74 Å². The summed E-state index contributed by atoms with van der Waals surface area (Å²) in [5.74, 6) is -1.22. The van der Waals surface area contributed by atoms with Crippen molar-refractivity contribution >= 4 is 23.8 Å². The molecule has 8 nitrogen and oxygen atoms in total. The third-order valence-corrected chi connectivity index (χ3v) is 6.21. The minimum atomic E-state index is -1.08. The zero-order chi connectivity index (χ0) is 22.4. The molecule has 2 fully saturated rings. The Kier molecular flexibility index (Phi) is 7.30. The van der Waals surface area contributed by atoms with Crippen LogP contribution in [0.25, 0.3) is 0 Å². The topological polar surface area (TPSA) is 105 Å². The zero-order valence-electron chi connectivity index (χ0n) is 18.2. The van der Waals surface area contributed by atoms with Crippen molar-refractivity contribution in [2.75, 3.05) is 13.2 Å². The van der Waals surface area contributed by atoms with Crippen LogP contribution >= 0.6 is 0 Å². The van der Waals surface area contributed by atoms with Crippen molar-refractivity contribution in [1.29, 1.82) is 0 Å².